The molecule has 1 aliphatic carbocycles. The Hall–Kier alpha value is -3.26. The lowest BCUT2D eigenvalue weighted by Crippen LogP contribution is -1.91. The minimum atomic E-state index is 0.805. The van der Waals surface area contributed by atoms with Crippen molar-refractivity contribution in [1.29, 1.82) is 0 Å². The van der Waals surface area contributed by atoms with Crippen LogP contribution in [0.5, 0.6) is 11.5 Å². The Morgan fingerprint density at radius 2 is 1.19 bits per heavy atom. The second-order valence-corrected chi connectivity index (χ2v) is 6.57. The van der Waals surface area contributed by atoms with Gasteiger partial charge in [0.1, 0.15) is 11.5 Å². The standard InChI is InChI=1S/C25H22O2/c1-26-22-13-20(14-23(17-22)27-2)21-15-24(18-9-5-3-6-10-18)25(16-21)19-11-7-4-8-12-19/h3-15,17H,16H2,1-2H3. The molecule has 0 atom stereocenters. The summed E-state index contributed by atoms with van der Waals surface area (Å²) in [5.74, 6) is 1.61. The number of hydrogen-bond donors (Lipinski definition) is 0. The first kappa shape index (κ1) is 17.2. The Balaban J connectivity index is 1.81. The molecule has 4 rings (SSSR count). The topological polar surface area (TPSA) is 18.5 Å². The lowest BCUT2D eigenvalue weighted by Gasteiger charge is -2.11. The van der Waals surface area contributed by atoms with Crippen LogP contribution in [0, 0.1) is 0 Å². The minimum Gasteiger partial charge on any atom is -0.497 e. The van der Waals surface area contributed by atoms with E-state index in [1.807, 2.05) is 6.07 Å². The molecule has 0 heterocycles. The lowest BCUT2D eigenvalue weighted by molar-refractivity contribution is 0.394. The molecule has 0 radical (unpaired) electrons. The van der Waals surface area contributed by atoms with E-state index in [0.29, 0.717) is 0 Å². The van der Waals surface area contributed by atoms with E-state index in [9.17, 15) is 0 Å². The van der Waals surface area contributed by atoms with Gasteiger partial charge in [-0.2, -0.15) is 0 Å². The number of hydrogen-bond acceptors (Lipinski definition) is 2. The van der Waals surface area contributed by atoms with Crippen LogP contribution in [0.15, 0.2) is 84.9 Å². The third kappa shape index (κ3) is 3.52. The molecule has 134 valence electrons. The molecule has 0 fully saturated rings. The summed E-state index contributed by atoms with van der Waals surface area (Å²) in [5.41, 5.74) is 7.52. The second-order valence-electron chi connectivity index (χ2n) is 6.57. The first-order valence-electron chi connectivity index (χ1n) is 9.06. The maximum absolute atomic E-state index is 5.46. The number of ether oxygens (including phenoxy) is 2. The monoisotopic (exact) mass is 354 g/mol. The number of rotatable bonds is 5. The van der Waals surface area contributed by atoms with Gasteiger partial charge < -0.3 is 9.47 Å². The molecule has 2 nitrogen and oxygen atoms in total. The molecule has 0 saturated heterocycles. The van der Waals surface area contributed by atoms with E-state index in [1.165, 1.54) is 27.8 Å². The number of allylic oxidation sites excluding steroid dienone is 4. The van der Waals surface area contributed by atoms with Gasteiger partial charge in [0.2, 0.25) is 0 Å². The first-order chi connectivity index (χ1) is 13.3. The van der Waals surface area contributed by atoms with Crippen LogP contribution in [0.4, 0.5) is 0 Å². The largest absolute Gasteiger partial charge is 0.497 e. The van der Waals surface area contributed by atoms with Crippen LogP contribution >= 0.6 is 0 Å². The van der Waals surface area contributed by atoms with Crippen LogP contribution in [-0.2, 0) is 0 Å². The molecular weight excluding hydrogens is 332 g/mol. The van der Waals surface area contributed by atoms with Gasteiger partial charge in [0.15, 0.2) is 0 Å². The molecule has 0 unspecified atom stereocenters. The molecule has 2 heteroatoms. The van der Waals surface area contributed by atoms with E-state index in [1.54, 1.807) is 14.2 Å². The molecular formula is C25H22O2. The quantitative estimate of drug-likeness (QED) is 0.551. The van der Waals surface area contributed by atoms with E-state index in [4.69, 9.17) is 9.47 Å². The zero-order chi connectivity index (χ0) is 18.6. The number of benzene rings is 3. The molecule has 3 aromatic rings. The van der Waals surface area contributed by atoms with E-state index in [0.717, 1.165) is 23.5 Å². The van der Waals surface area contributed by atoms with Crippen molar-refractivity contribution in [2.75, 3.05) is 14.2 Å². The van der Waals surface area contributed by atoms with Crippen molar-refractivity contribution in [3.63, 3.8) is 0 Å². The molecule has 0 aromatic heterocycles. The van der Waals surface area contributed by atoms with Crippen LogP contribution < -0.4 is 9.47 Å². The average molecular weight is 354 g/mol. The summed E-state index contributed by atoms with van der Waals surface area (Å²) in [7, 11) is 3.37. The highest BCUT2D eigenvalue weighted by atomic mass is 16.5. The van der Waals surface area contributed by atoms with Gasteiger partial charge in [-0.3, -0.25) is 0 Å². The second kappa shape index (κ2) is 7.55. The summed E-state index contributed by atoms with van der Waals surface area (Å²) >= 11 is 0. The molecule has 0 spiro atoms. The fraction of sp³-hybridized carbons (Fsp3) is 0.120. The molecule has 0 saturated carbocycles. The van der Waals surface area contributed by atoms with Crippen LogP contribution in [0.3, 0.4) is 0 Å². The Morgan fingerprint density at radius 3 is 1.74 bits per heavy atom. The predicted molar refractivity (Wildman–Crippen MR) is 112 cm³/mol. The average Bonchev–Trinajstić information content (AvgIpc) is 3.20. The predicted octanol–water partition coefficient (Wildman–Crippen LogP) is 6.10. The van der Waals surface area contributed by atoms with E-state index >= 15 is 0 Å². The zero-order valence-electron chi connectivity index (χ0n) is 15.6. The van der Waals surface area contributed by atoms with Gasteiger partial charge in [0, 0.05) is 6.07 Å². The fourth-order valence-electron chi connectivity index (χ4n) is 3.55. The van der Waals surface area contributed by atoms with E-state index in [2.05, 4.69) is 78.9 Å². The molecule has 0 aliphatic heterocycles. The van der Waals surface area contributed by atoms with Gasteiger partial charge in [-0.15, -0.1) is 0 Å². The Kier molecular flexibility index (Phi) is 4.80. The van der Waals surface area contributed by atoms with Crippen LogP contribution in [0.2, 0.25) is 0 Å². The van der Waals surface area contributed by atoms with Gasteiger partial charge in [0.05, 0.1) is 14.2 Å². The molecule has 3 aromatic carbocycles. The van der Waals surface area contributed by atoms with Gasteiger partial charge >= 0.3 is 0 Å². The van der Waals surface area contributed by atoms with Crippen LogP contribution in [0.1, 0.15) is 23.1 Å². The molecule has 0 amide bonds. The van der Waals surface area contributed by atoms with Crippen molar-refractivity contribution in [2.24, 2.45) is 0 Å². The molecule has 1 aliphatic rings. The molecule has 27 heavy (non-hydrogen) atoms. The third-order valence-electron chi connectivity index (χ3n) is 4.94. The van der Waals surface area contributed by atoms with Crippen molar-refractivity contribution >= 4 is 16.7 Å². The fourth-order valence-corrected chi connectivity index (χ4v) is 3.55. The highest BCUT2D eigenvalue weighted by Gasteiger charge is 2.20. The summed E-state index contributed by atoms with van der Waals surface area (Å²) in [6.45, 7) is 0. The smallest absolute Gasteiger partial charge is 0.123 e. The van der Waals surface area contributed by atoms with Crippen molar-refractivity contribution in [3.05, 3.63) is 102 Å². The van der Waals surface area contributed by atoms with Crippen molar-refractivity contribution in [2.45, 2.75) is 6.42 Å². The summed E-state index contributed by atoms with van der Waals surface area (Å²) in [6.07, 6.45) is 3.18. The van der Waals surface area contributed by atoms with Crippen LogP contribution in [0.25, 0.3) is 16.7 Å². The highest BCUT2D eigenvalue weighted by molar-refractivity contribution is 6.07. The van der Waals surface area contributed by atoms with E-state index in [-0.39, 0.29) is 0 Å². The summed E-state index contributed by atoms with van der Waals surface area (Å²) < 4.78 is 10.9. The SMILES string of the molecule is COc1cc(OC)cc(C2=CC(c3ccccc3)=C(c3ccccc3)C2)c1. The van der Waals surface area contributed by atoms with Crippen molar-refractivity contribution in [1.82, 2.24) is 0 Å². The van der Waals surface area contributed by atoms with Gasteiger partial charge in [-0.05, 0) is 58.0 Å². The lowest BCUT2D eigenvalue weighted by atomic mass is 9.95. The zero-order valence-corrected chi connectivity index (χ0v) is 15.6. The first-order valence-corrected chi connectivity index (χ1v) is 9.06. The van der Waals surface area contributed by atoms with E-state index < -0.39 is 0 Å². The van der Waals surface area contributed by atoms with Gasteiger partial charge in [-0.1, -0.05) is 60.7 Å². The summed E-state index contributed by atoms with van der Waals surface area (Å²) in [5, 5.41) is 0. The third-order valence-corrected chi connectivity index (χ3v) is 4.94. The maximum Gasteiger partial charge on any atom is 0.123 e. The Labute approximate surface area is 160 Å². The molecule has 0 bridgehead atoms. The highest BCUT2D eigenvalue weighted by Crippen LogP contribution is 2.43. The Morgan fingerprint density at radius 1 is 0.630 bits per heavy atom. The summed E-state index contributed by atoms with van der Waals surface area (Å²) in [4.78, 5) is 0. The maximum atomic E-state index is 5.46. The Bertz CT molecular complexity index is 977. The summed E-state index contributed by atoms with van der Waals surface area (Å²) in [6, 6.07) is 27.2. The van der Waals surface area contributed by atoms with Gasteiger partial charge in [0.25, 0.3) is 0 Å². The van der Waals surface area contributed by atoms with Crippen molar-refractivity contribution in [3.8, 4) is 11.5 Å². The number of methoxy groups -OCH3 is 2. The normalized spacial score (nSPS) is 13.5. The van der Waals surface area contributed by atoms with Crippen molar-refractivity contribution < 1.29 is 9.47 Å². The van der Waals surface area contributed by atoms with Gasteiger partial charge in [-0.25, -0.2) is 0 Å². The molecule has 0 N–H and O–H groups in total. The minimum absolute atomic E-state index is 0.805. The van der Waals surface area contributed by atoms with Crippen LogP contribution in [-0.4, -0.2) is 14.2 Å².